The molecule has 0 bridgehead atoms. The molecule has 5 nitrogen and oxygen atoms in total. The molecule has 0 fully saturated rings. The lowest BCUT2D eigenvalue weighted by Crippen LogP contribution is -2.48. The Kier molecular flexibility index (Phi) is 6.65. The predicted octanol–water partition coefficient (Wildman–Crippen LogP) is 1.59. The number of hydrogen-bond acceptors (Lipinski definition) is 4. The highest BCUT2D eigenvalue weighted by Crippen LogP contribution is 2.24. The number of carbonyl (C=O) groups excluding carboxylic acids is 1. The highest BCUT2D eigenvalue weighted by Gasteiger charge is 2.21. The average molecular weight is 289 g/mol. The first-order chi connectivity index (χ1) is 8.43. The molecule has 1 rings (SSSR count). The molecular weight excluding hydrogens is 268 g/mol. The van der Waals surface area contributed by atoms with Crippen LogP contribution in [0.2, 0.25) is 0 Å². The van der Waals surface area contributed by atoms with Gasteiger partial charge in [-0.3, -0.25) is 4.79 Å². The van der Waals surface area contributed by atoms with E-state index in [1.54, 1.807) is 25.3 Å². The maximum Gasteiger partial charge on any atom is 0.255 e. The number of methoxy groups -OCH3 is 2. The summed E-state index contributed by atoms with van der Waals surface area (Å²) in [7, 11) is 3.08. The van der Waals surface area contributed by atoms with Crippen LogP contribution in [-0.4, -0.2) is 32.2 Å². The molecule has 0 aliphatic carbocycles. The van der Waals surface area contributed by atoms with Crippen molar-refractivity contribution < 1.29 is 14.3 Å². The minimum atomic E-state index is -0.456. The largest absolute Gasteiger partial charge is 0.497 e. The molecule has 0 heterocycles. The first-order valence-electron chi connectivity index (χ1n) is 5.68. The van der Waals surface area contributed by atoms with Gasteiger partial charge in [-0.25, -0.2) is 0 Å². The number of nitrogens with one attached hydrogen (secondary N) is 1. The molecule has 19 heavy (non-hydrogen) atoms. The highest BCUT2D eigenvalue weighted by atomic mass is 35.5. The van der Waals surface area contributed by atoms with Gasteiger partial charge in [0.1, 0.15) is 11.5 Å². The fourth-order valence-electron chi connectivity index (χ4n) is 1.41. The van der Waals surface area contributed by atoms with Crippen molar-refractivity contribution in [3.8, 4) is 11.5 Å². The van der Waals surface area contributed by atoms with Crippen LogP contribution in [0.25, 0.3) is 0 Å². The fraction of sp³-hybridized carbons (Fsp3) is 0.462. The molecule has 0 radical (unpaired) electrons. The van der Waals surface area contributed by atoms with E-state index < -0.39 is 5.54 Å². The lowest BCUT2D eigenvalue weighted by Gasteiger charge is -2.24. The van der Waals surface area contributed by atoms with Crippen LogP contribution < -0.4 is 20.5 Å². The monoisotopic (exact) mass is 288 g/mol. The molecular formula is C13H21ClN2O3. The molecule has 6 heteroatoms. The Bertz CT molecular complexity index is 436. The van der Waals surface area contributed by atoms with E-state index in [0.717, 1.165) is 0 Å². The third kappa shape index (κ3) is 4.61. The standard InChI is InChI=1S/C13H20N2O3.ClH/c1-13(2,8-14)15-12(16)10-6-5-9(17-3)7-11(10)18-4;/h5-7H,8,14H2,1-4H3,(H,15,16);1H. The van der Waals surface area contributed by atoms with Crippen molar-refractivity contribution in [2.24, 2.45) is 5.73 Å². The molecule has 0 unspecified atom stereocenters. The minimum Gasteiger partial charge on any atom is -0.497 e. The molecule has 1 amide bonds. The lowest BCUT2D eigenvalue weighted by atomic mass is 10.0. The van der Waals surface area contributed by atoms with E-state index in [0.29, 0.717) is 23.6 Å². The number of hydrogen-bond donors (Lipinski definition) is 2. The van der Waals surface area contributed by atoms with Crippen LogP contribution in [0, 0.1) is 0 Å². The second-order valence-electron chi connectivity index (χ2n) is 4.61. The van der Waals surface area contributed by atoms with E-state index in [4.69, 9.17) is 15.2 Å². The Morgan fingerprint density at radius 1 is 1.32 bits per heavy atom. The minimum absolute atomic E-state index is 0. The molecule has 0 aliphatic rings. The third-order valence-electron chi connectivity index (χ3n) is 2.62. The van der Waals surface area contributed by atoms with Gasteiger partial charge >= 0.3 is 0 Å². The van der Waals surface area contributed by atoms with Crippen LogP contribution in [0.1, 0.15) is 24.2 Å². The number of amides is 1. The summed E-state index contributed by atoms with van der Waals surface area (Å²) < 4.78 is 10.3. The molecule has 0 saturated carbocycles. The Hall–Kier alpha value is -1.46. The van der Waals surface area contributed by atoms with Crippen molar-refractivity contribution in [2.45, 2.75) is 19.4 Å². The summed E-state index contributed by atoms with van der Waals surface area (Å²) >= 11 is 0. The Morgan fingerprint density at radius 2 is 1.95 bits per heavy atom. The lowest BCUT2D eigenvalue weighted by molar-refractivity contribution is 0.0912. The number of benzene rings is 1. The third-order valence-corrected chi connectivity index (χ3v) is 2.62. The quantitative estimate of drug-likeness (QED) is 0.863. The van der Waals surface area contributed by atoms with Crippen molar-refractivity contribution in [2.75, 3.05) is 20.8 Å². The zero-order valence-corrected chi connectivity index (χ0v) is 12.5. The summed E-state index contributed by atoms with van der Waals surface area (Å²) in [5.41, 5.74) is 5.58. The first kappa shape index (κ1) is 17.5. The first-order valence-corrected chi connectivity index (χ1v) is 5.68. The SMILES string of the molecule is COc1ccc(C(=O)NC(C)(C)CN)c(OC)c1.Cl. The van der Waals surface area contributed by atoms with Crippen molar-refractivity contribution >= 4 is 18.3 Å². The van der Waals surface area contributed by atoms with Crippen LogP contribution in [0.5, 0.6) is 11.5 Å². The molecule has 0 spiro atoms. The summed E-state index contributed by atoms with van der Waals surface area (Å²) in [6.45, 7) is 4.08. The van der Waals surface area contributed by atoms with E-state index in [1.807, 2.05) is 13.8 Å². The van der Waals surface area contributed by atoms with Crippen molar-refractivity contribution in [3.05, 3.63) is 23.8 Å². The number of ether oxygens (including phenoxy) is 2. The number of nitrogens with two attached hydrogens (primary N) is 1. The van der Waals surface area contributed by atoms with Gasteiger partial charge in [0, 0.05) is 18.2 Å². The van der Waals surface area contributed by atoms with E-state index >= 15 is 0 Å². The van der Waals surface area contributed by atoms with E-state index in [-0.39, 0.29) is 18.3 Å². The van der Waals surface area contributed by atoms with Gasteiger partial charge in [0.25, 0.3) is 5.91 Å². The molecule has 1 aromatic rings. The van der Waals surface area contributed by atoms with Gasteiger partial charge in [-0.05, 0) is 26.0 Å². The van der Waals surface area contributed by atoms with Crippen LogP contribution in [0.4, 0.5) is 0 Å². The maximum atomic E-state index is 12.1. The summed E-state index contributed by atoms with van der Waals surface area (Å²) in [5, 5.41) is 2.85. The van der Waals surface area contributed by atoms with Crippen molar-refractivity contribution in [1.82, 2.24) is 5.32 Å². The van der Waals surface area contributed by atoms with Gasteiger partial charge in [-0.15, -0.1) is 12.4 Å². The maximum absolute atomic E-state index is 12.1. The van der Waals surface area contributed by atoms with Crippen molar-refractivity contribution in [3.63, 3.8) is 0 Å². The van der Waals surface area contributed by atoms with Gasteiger partial charge in [0.15, 0.2) is 0 Å². The van der Waals surface area contributed by atoms with Gasteiger partial charge in [0.2, 0.25) is 0 Å². The van der Waals surface area contributed by atoms with Crippen LogP contribution in [0.15, 0.2) is 18.2 Å². The zero-order chi connectivity index (χ0) is 13.8. The predicted molar refractivity (Wildman–Crippen MR) is 77.4 cm³/mol. The second kappa shape index (κ2) is 7.21. The molecule has 0 saturated heterocycles. The van der Waals surface area contributed by atoms with Crippen LogP contribution >= 0.6 is 12.4 Å². The number of halogens is 1. The Balaban J connectivity index is 0.00000324. The molecule has 1 aromatic carbocycles. The van der Waals surface area contributed by atoms with Gasteiger partial charge < -0.3 is 20.5 Å². The summed E-state index contributed by atoms with van der Waals surface area (Å²) in [6.07, 6.45) is 0. The highest BCUT2D eigenvalue weighted by molar-refractivity contribution is 5.97. The van der Waals surface area contributed by atoms with Crippen LogP contribution in [-0.2, 0) is 0 Å². The van der Waals surface area contributed by atoms with Gasteiger partial charge in [0.05, 0.1) is 19.8 Å². The van der Waals surface area contributed by atoms with Gasteiger partial charge in [-0.1, -0.05) is 0 Å². The number of carbonyl (C=O) groups is 1. The normalized spacial score (nSPS) is 10.4. The summed E-state index contributed by atoms with van der Waals surface area (Å²) in [6, 6.07) is 5.05. The molecule has 0 aromatic heterocycles. The average Bonchev–Trinajstić information content (AvgIpc) is 2.37. The van der Waals surface area contributed by atoms with E-state index in [2.05, 4.69) is 5.32 Å². The van der Waals surface area contributed by atoms with Crippen LogP contribution in [0.3, 0.4) is 0 Å². The smallest absolute Gasteiger partial charge is 0.255 e. The Labute approximate surface area is 119 Å². The Morgan fingerprint density at radius 3 is 2.42 bits per heavy atom. The van der Waals surface area contributed by atoms with Crippen molar-refractivity contribution in [1.29, 1.82) is 0 Å². The topological polar surface area (TPSA) is 73.6 Å². The zero-order valence-electron chi connectivity index (χ0n) is 11.6. The summed E-state index contributed by atoms with van der Waals surface area (Å²) in [4.78, 5) is 12.1. The number of rotatable bonds is 5. The summed E-state index contributed by atoms with van der Waals surface area (Å²) in [5.74, 6) is 0.895. The molecule has 108 valence electrons. The van der Waals surface area contributed by atoms with E-state index in [9.17, 15) is 4.79 Å². The second-order valence-corrected chi connectivity index (χ2v) is 4.61. The molecule has 3 N–H and O–H groups in total. The van der Waals surface area contributed by atoms with Gasteiger partial charge in [-0.2, -0.15) is 0 Å². The fourth-order valence-corrected chi connectivity index (χ4v) is 1.41. The molecule has 0 aliphatic heterocycles. The molecule has 0 atom stereocenters. The van der Waals surface area contributed by atoms with E-state index in [1.165, 1.54) is 7.11 Å².